The Morgan fingerprint density at radius 1 is 0.293 bits per heavy atom. The normalized spacial score (nSPS) is 11.8. The first-order chi connectivity index (χ1) is 28.8. The summed E-state index contributed by atoms with van der Waals surface area (Å²) in [6.45, 7) is 0. The van der Waals surface area contributed by atoms with Gasteiger partial charge in [0.2, 0.25) is 0 Å². The third kappa shape index (κ3) is 4.99. The number of benzene rings is 9. The Morgan fingerprint density at radius 2 is 0.828 bits per heavy atom. The lowest BCUT2D eigenvalue weighted by atomic mass is 9.82. The zero-order valence-electron chi connectivity index (χ0n) is 31.5. The topological polar surface area (TPSA) is 25.8 Å². The van der Waals surface area contributed by atoms with Crippen LogP contribution >= 0.6 is 0 Å². The lowest BCUT2D eigenvalue weighted by Crippen LogP contribution is -1.93. The average Bonchev–Trinajstić information content (AvgIpc) is 3.63. The Balaban J connectivity index is 1.14. The SMILES string of the molecule is c1ccc(-c2cc(-c3ccc4ccc5cccnc5c4n3)cc(-c3ccc4c5c(cccc35)-c3c-4c(-c4ccccc4)c4ccccc4c3-c3ccccc3)c2)cc1. The van der Waals surface area contributed by atoms with Gasteiger partial charge in [-0.15, -0.1) is 0 Å². The van der Waals surface area contributed by atoms with E-state index in [-0.39, 0.29) is 0 Å². The summed E-state index contributed by atoms with van der Waals surface area (Å²) in [5, 5.41) is 7.24. The monoisotopic (exact) mass is 734 g/mol. The van der Waals surface area contributed by atoms with Gasteiger partial charge in [-0.3, -0.25) is 4.98 Å². The molecule has 2 nitrogen and oxygen atoms in total. The van der Waals surface area contributed by atoms with Crippen LogP contribution < -0.4 is 0 Å². The first-order valence-corrected chi connectivity index (χ1v) is 19.9. The van der Waals surface area contributed by atoms with Crippen molar-refractivity contribution in [2.75, 3.05) is 0 Å². The van der Waals surface area contributed by atoms with Crippen LogP contribution in [0.1, 0.15) is 0 Å². The number of hydrogen-bond donors (Lipinski definition) is 0. The number of nitrogens with zero attached hydrogens (tertiary/aromatic N) is 2. The first-order valence-electron chi connectivity index (χ1n) is 19.9. The third-order valence-electron chi connectivity index (χ3n) is 12.0. The van der Waals surface area contributed by atoms with Crippen LogP contribution in [0.3, 0.4) is 0 Å². The van der Waals surface area contributed by atoms with Gasteiger partial charge in [-0.25, -0.2) is 4.98 Å². The van der Waals surface area contributed by atoms with Gasteiger partial charge in [0.05, 0.1) is 16.7 Å². The van der Waals surface area contributed by atoms with E-state index >= 15 is 0 Å². The smallest absolute Gasteiger partial charge is 0.0972 e. The Bertz CT molecular complexity index is 3330. The molecule has 1 aliphatic carbocycles. The van der Waals surface area contributed by atoms with Crippen LogP contribution in [0.25, 0.3) is 121 Å². The summed E-state index contributed by atoms with van der Waals surface area (Å²) in [5.41, 5.74) is 18.7. The van der Waals surface area contributed by atoms with E-state index in [0.717, 1.165) is 44.2 Å². The highest BCUT2D eigenvalue weighted by Gasteiger charge is 2.31. The number of hydrogen-bond acceptors (Lipinski definition) is 2. The van der Waals surface area contributed by atoms with Crippen LogP contribution in [-0.2, 0) is 0 Å². The molecule has 11 aromatic rings. The molecule has 2 heterocycles. The first kappa shape index (κ1) is 32.6. The molecule has 0 aliphatic heterocycles. The third-order valence-corrected chi connectivity index (χ3v) is 12.0. The van der Waals surface area contributed by atoms with Crippen molar-refractivity contribution >= 4 is 43.4 Å². The van der Waals surface area contributed by atoms with Crippen molar-refractivity contribution in [2.24, 2.45) is 0 Å². The van der Waals surface area contributed by atoms with E-state index in [4.69, 9.17) is 9.97 Å². The molecule has 12 rings (SSSR count). The van der Waals surface area contributed by atoms with Crippen molar-refractivity contribution < 1.29 is 0 Å². The van der Waals surface area contributed by atoms with Crippen LogP contribution in [0.5, 0.6) is 0 Å². The zero-order valence-corrected chi connectivity index (χ0v) is 31.5. The summed E-state index contributed by atoms with van der Waals surface area (Å²) in [6.07, 6.45) is 1.85. The molecular weight excluding hydrogens is 701 g/mol. The molecule has 0 saturated carbocycles. The number of pyridine rings is 2. The predicted octanol–water partition coefficient (Wildman–Crippen LogP) is 15.1. The van der Waals surface area contributed by atoms with Gasteiger partial charge in [0.15, 0.2) is 0 Å². The molecule has 0 bridgehead atoms. The van der Waals surface area contributed by atoms with E-state index in [0.29, 0.717) is 0 Å². The molecule has 0 unspecified atom stereocenters. The second-order valence-corrected chi connectivity index (χ2v) is 15.2. The van der Waals surface area contributed by atoms with E-state index in [1.807, 2.05) is 12.3 Å². The van der Waals surface area contributed by atoms with Crippen LogP contribution in [0.15, 0.2) is 206 Å². The quantitative estimate of drug-likeness (QED) is 0.165. The van der Waals surface area contributed by atoms with Crippen molar-refractivity contribution in [1.29, 1.82) is 0 Å². The lowest BCUT2D eigenvalue weighted by molar-refractivity contribution is 1.37. The highest BCUT2D eigenvalue weighted by Crippen LogP contribution is 2.58. The van der Waals surface area contributed by atoms with E-state index in [1.54, 1.807) is 0 Å². The van der Waals surface area contributed by atoms with Gasteiger partial charge in [-0.1, -0.05) is 170 Å². The predicted molar refractivity (Wildman–Crippen MR) is 244 cm³/mol. The maximum Gasteiger partial charge on any atom is 0.0972 e. The van der Waals surface area contributed by atoms with Crippen molar-refractivity contribution in [3.63, 3.8) is 0 Å². The highest BCUT2D eigenvalue weighted by molar-refractivity contribution is 6.28. The molecule has 2 heteroatoms. The Kier molecular flexibility index (Phi) is 7.26. The molecule has 0 fully saturated rings. The Hall–Kier alpha value is -7.68. The summed E-state index contributed by atoms with van der Waals surface area (Å²) in [4.78, 5) is 10.1. The van der Waals surface area contributed by atoms with Crippen molar-refractivity contribution in [3.8, 4) is 78.0 Å². The Labute approximate surface area is 336 Å². The molecule has 268 valence electrons. The van der Waals surface area contributed by atoms with E-state index in [1.165, 1.54) is 77.2 Å². The van der Waals surface area contributed by atoms with Gasteiger partial charge < -0.3 is 0 Å². The van der Waals surface area contributed by atoms with Gasteiger partial charge in [0.25, 0.3) is 0 Å². The number of fused-ring (bicyclic) bond motifs is 7. The van der Waals surface area contributed by atoms with E-state index in [2.05, 4.69) is 194 Å². The van der Waals surface area contributed by atoms with Crippen molar-refractivity contribution in [3.05, 3.63) is 206 Å². The minimum Gasteiger partial charge on any atom is -0.254 e. The largest absolute Gasteiger partial charge is 0.254 e. The number of rotatable bonds is 5. The maximum atomic E-state index is 5.31. The molecule has 9 aromatic carbocycles. The fourth-order valence-electron chi connectivity index (χ4n) is 9.47. The second kappa shape index (κ2) is 12.9. The van der Waals surface area contributed by atoms with Crippen LogP contribution in [0.4, 0.5) is 0 Å². The van der Waals surface area contributed by atoms with Gasteiger partial charge >= 0.3 is 0 Å². The molecule has 1 aliphatic rings. The summed E-state index contributed by atoms with van der Waals surface area (Å²) in [7, 11) is 0. The minimum absolute atomic E-state index is 0.918. The van der Waals surface area contributed by atoms with Gasteiger partial charge in [-0.2, -0.15) is 0 Å². The number of aromatic nitrogens is 2. The Morgan fingerprint density at radius 3 is 1.52 bits per heavy atom. The van der Waals surface area contributed by atoms with Gasteiger partial charge in [-0.05, 0) is 119 Å². The summed E-state index contributed by atoms with van der Waals surface area (Å²) < 4.78 is 0. The molecule has 0 atom stereocenters. The van der Waals surface area contributed by atoms with Crippen LogP contribution in [0, 0.1) is 0 Å². The fourth-order valence-corrected chi connectivity index (χ4v) is 9.47. The van der Waals surface area contributed by atoms with Crippen LogP contribution in [-0.4, -0.2) is 9.97 Å². The molecule has 0 amide bonds. The van der Waals surface area contributed by atoms with Crippen molar-refractivity contribution in [2.45, 2.75) is 0 Å². The summed E-state index contributed by atoms with van der Waals surface area (Å²) in [6, 6.07) is 72.8. The summed E-state index contributed by atoms with van der Waals surface area (Å²) in [5.74, 6) is 0. The molecule has 0 saturated heterocycles. The van der Waals surface area contributed by atoms with Gasteiger partial charge in [0, 0.05) is 22.5 Å². The minimum atomic E-state index is 0.918. The molecule has 58 heavy (non-hydrogen) atoms. The molecule has 0 N–H and O–H groups in total. The van der Waals surface area contributed by atoms with Crippen molar-refractivity contribution in [1.82, 2.24) is 9.97 Å². The molecule has 0 radical (unpaired) electrons. The molecule has 2 aromatic heterocycles. The standard InChI is InChI=1S/C56H34N2/c1-4-14-35(15-5-1)40-32-41(34-42(33-40)49-30-27-39-26-25-38-20-13-31-57-55(38)56(39)58-49)43-28-29-48-52-44(43)23-12-24-47(52)53-50(36-16-6-2-7-17-36)45-21-10-11-22-46(45)51(54(48)53)37-18-8-3-9-19-37/h1-34H. The zero-order chi connectivity index (χ0) is 38.2. The lowest BCUT2D eigenvalue weighted by Gasteiger charge is -2.20. The van der Waals surface area contributed by atoms with E-state index < -0.39 is 0 Å². The van der Waals surface area contributed by atoms with Gasteiger partial charge in [0.1, 0.15) is 0 Å². The highest BCUT2D eigenvalue weighted by atomic mass is 14.8. The second-order valence-electron chi connectivity index (χ2n) is 15.2. The summed E-state index contributed by atoms with van der Waals surface area (Å²) >= 11 is 0. The molecule has 0 spiro atoms. The average molecular weight is 735 g/mol. The molecular formula is C56H34N2. The fraction of sp³-hybridized carbons (Fsp3) is 0. The maximum absolute atomic E-state index is 5.31. The van der Waals surface area contributed by atoms with E-state index in [9.17, 15) is 0 Å². The van der Waals surface area contributed by atoms with Crippen LogP contribution in [0.2, 0.25) is 0 Å².